The normalized spacial score (nSPS) is 24.1. The lowest BCUT2D eigenvalue weighted by Gasteiger charge is -2.16. The molecule has 0 amide bonds. The van der Waals surface area contributed by atoms with Gasteiger partial charge in [0.15, 0.2) is 0 Å². The maximum atomic E-state index is 5.78. The molecular weight excluding hydrogens is 258 g/mol. The number of nitrogen functional groups attached to an aromatic ring is 1. The average molecular weight is 275 g/mol. The highest BCUT2D eigenvalue weighted by molar-refractivity contribution is 7.16. The van der Waals surface area contributed by atoms with Crippen LogP contribution in [0.2, 0.25) is 0 Å². The van der Waals surface area contributed by atoms with Crippen molar-refractivity contribution in [2.75, 3.05) is 24.1 Å². The first-order chi connectivity index (χ1) is 9.29. The van der Waals surface area contributed by atoms with Gasteiger partial charge >= 0.3 is 0 Å². The van der Waals surface area contributed by atoms with E-state index in [1.165, 1.54) is 25.8 Å². The minimum Gasteiger partial charge on any atom is -0.368 e. The van der Waals surface area contributed by atoms with E-state index in [9.17, 15) is 0 Å². The summed E-state index contributed by atoms with van der Waals surface area (Å²) >= 11 is 1.61. The standard InChI is InChI=1S/C13H17N5S/c14-13-16-11(10-4-6-19-12(10)17-13)15-8-3-5-18(7-8)9-1-2-9/h4,6,8-9H,1-3,5,7H2,(H3,14,15,16,17). The second-order valence-corrected chi connectivity index (χ2v) is 6.32. The van der Waals surface area contributed by atoms with Crippen molar-refractivity contribution in [3.63, 3.8) is 0 Å². The number of hydrogen-bond acceptors (Lipinski definition) is 6. The monoisotopic (exact) mass is 275 g/mol. The molecule has 19 heavy (non-hydrogen) atoms. The van der Waals surface area contributed by atoms with Gasteiger partial charge in [-0.1, -0.05) is 0 Å². The summed E-state index contributed by atoms with van der Waals surface area (Å²) in [6.07, 6.45) is 3.94. The van der Waals surface area contributed by atoms with Gasteiger partial charge in [0.2, 0.25) is 5.95 Å². The Kier molecular flexibility index (Phi) is 2.60. The van der Waals surface area contributed by atoms with Crippen LogP contribution in [0.25, 0.3) is 10.2 Å². The van der Waals surface area contributed by atoms with Crippen LogP contribution < -0.4 is 11.1 Å². The van der Waals surface area contributed by atoms with E-state index < -0.39 is 0 Å². The Morgan fingerprint density at radius 1 is 1.32 bits per heavy atom. The average Bonchev–Trinajstić information content (AvgIpc) is 2.95. The van der Waals surface area contributed by atoms with Gasteiger partial charge in [-0.05, 0) is 30.7 Å². The van der Waals surface area contributed by atoms with Crippen LogP contribution in [0.5, 0.6) is 0 Å². The summed E-state index contributed by atoms with van der Waals surface area (Å²) in [6.45, 7) is 2.33. The molecule has 2 aliphatic rings. The molecule has 0 bridgehead atoms. The summed E-state index contributed by atoms with van der Waals surface area (Å²) in [5, 5.41) is 6.68. The summed E-state index contributed by atoms with van der Waals surface area (Å²) in [7, 11) is 0. The highest BCUT2D eigenvalue weighted by Crippen LogP contribution is 2.32. The van der Waals surface area contributed by atoms with E-state index >= 15 is 0 Å². The van der Waals surface area contributed by atoms with Crippen molar-refractivity contribution < 1.29 is 0 Å². The van der Waals surface area contributed by atoms with Gasteiger partial charge < -0.3 is 11.1 Å². The summed E-state index contributed by atoms with van der Waals surface area (Å²) in [6, 6.07) is 3.40. The fourth-order valence-corrected chi connectivity index (χ4v) is 3.62. The van der Waals surface area contributed by atoms with Gasteiger partial charge in [0.1, 0.15) is 10.6 Å². The van der Waals surface area contributed by atoms with Crippen LogP contribution in [-0.2, 0) is 0 Å². The zero-order chi connectivity index (χ0) is 12.8. The molecule has 3 heterocycles. The molecule has 3 N–H and O–H groups in total. The third kappa shape index (κ3) is 2.15. The third-order valence-corrected chi connectivity index (χ3v) is 4.77. The summed E-state index contributed by atoms with van der Waals surface area (Å²) in [5.74, 6) is 1.25. The first-order valence-electron chi connectivity index (χ1n) is 6.81. The predicted octanol–water partition coefficient (Wildman–Crippen LogP) is 1.92. The van der Waals surface area contributed by atoms with Crippen molar-refractivity contribution in [2.45, 2.75) is 31.3 Å². The number of nitrogens with two attached hydrogens (primary N) is 1. The molecule has 1 aliphatic carbocycles. The number of thiophene rings is 1. The Morgan fingerprint density at radius 3 is 3.05 bits per heavy atom. The third-order valence-electron chi connectivity index (χ3n) is 3.97. The fraction of sp³-hybridized carbons (Fsp3) is 0.538. The van der Waals surface area contributed by atoms with Crippen LogP contribution in [0, 0.1) is 0 Å². The Morgan fingerprint density at radius 2 is 2.21 bits per heavy atom. The number of aromatic nitrogens is 2. The van der Waals surface area contributed by atoms with Crippen molar-refractivity contribution in [3.8, 4) is 0 Å². The maximum Gasteiger partial charge on any atom is 0.223 e. The largest absolute Gasteiger partial charge is 0.368 e. The number of anilines is 2. The van der Waals surface area contributed by atoms with Gasteiger partial charge in [-0.2, -0.15) is 4.98 Å². The summed E-state index contributed by atoms with van der Waals surface area (Å²) in [4.78, 5) is 12.2. The molecule has 4 rings (SSSR count). The van der Waals surface area contributed by atoms with Crippen LogP contribution in [0.3, 0.4) is 0 Å². The van der Waals surface area contributed by atoms with Crippen molar-refractivity contribution in [1.82, 2.24) is 14.9 Å². The number of nitrogens with one attached hydrogen (secondary N) is 1. The minimum atomic E-state index is 0.356. The molecule has 100 valence electrons. The molecule has 2 fully saturated rings. The van der Waals surface area contributed by atoms with Gasteiger partial charge in [-0.25, -0.2) is 4.98 Å². The second-order valence-electron chi connectivity index (χ2n) is 5.43. The molecular formula is C13H17N5S. The number of likely N-dealkylation sites (tertiary alicyclic amines) is 1. The van der Waals surface area contributed by atoms with E-state index in [4.69, 9.17) is 5.73 Å². The fourth-order valence-electron chi connectivity index (χ4n) is 2.85. The van der Waals surface area contributed by atoms with E-state index in [0.29, 0.717) is 12.0 Å². The van der Waals surface area contributed by atoms with Crippen LogP contribution in [0.15, 0.2) is 11.4 Å². The Labute approximate surface area is 115 Å². The maximum absolute atomic E-state index is 5.78. The molecule has 2 aromatic rings. The van der Waals surface area contributed by atoms with Crippen molar-refractivity contribution in [1.29, 1.82) is 0 Å². The Bertz CT molecular complexity index is 606. The molecule has 0 spiro atoms. The van der Waals surface area contributed by atoms with Gasteiger partial charge in [0, 0.05) is 25.2 Å². The number of rotatable bonds is 3. The SMILES string of the molecule is Nc1nc(NC2CCN(C3CC3)C2)c2ccsc2n1. The lowest BCUT2D eigenvalue weighted by atomic mass is 10.2. The number of hydrogen-bond donors (Lipinski definition) is 2. The lowest BCUT2D eigenvalue weighted by molar-refractivity contribution is 0.326. The molecule has 1 saturated carbocycles. The molecule has 1 unspecified atom stereocenters. The molecule has 6 heteroatoms. The Balaban J connectivity index is 1.56. The van der Waals surface area contributed by atoms with E-state index in [0.717, 1.165) is 28.6 Å². The van der Waals surface area contributed by atoms with Crippen LogP contribution >= 0.6 is 11.3 Å². The first-order valence-corrected chi connectivity index (χ1v) is 7.69. The lowest BCUT2D eigenvalue weighted by Crippen LogP contribution is -2.28. The molecule has 1 aliphatic heterocycles. The van der Waals surface area contributed by atoms with Crippen LogP contribution in [0.4, 0.5) is 11.8 Å². The molecule has 1 saturated heterocycles. The highest BCUT2D eigenvalue weighted by atomic mass is 32.1. The summed E-state index contributed by atoms with van der Waals surface area (Å²) < 4.78 is 0. The van der Waals surface area contributed by atoms with Gasteiger partial charge in [-0.3, -0.25) is 4.90 Å². The predicted molar refractivity (Wildman–Crippen MR) is 78.5 cm³/mol. The summed E-state index contributed by atoms with van der Waals surface area (Å²) in [5.41, 5.74) is 5.78. The van der Waals surface area contributed by atoms with Crippen molar-refractivity contribution in [2.24, 2.45) is 0 Å². The highest BCUT2D eigenvalue weighted by Gasteiger charge is 2.34. The number of nitrogens with zero attached hydrogens (tertiary/aromatic N) is 3. The van der Waals surface area contributed by atoms with Crippen LogP contribution in [-0.4, -0.2) is 40.0 Å². The van der Waals surface area contributed by atoms with Gasteiger partial charge in [0.05, 0.1) is 5.39 Å². The van der Waals surface area contributed by atoms with E-state index in [1.54, 1.807) is 11.3 Å². The van der Waals surface area contributed by atoms with E-state index in [2.05, 4.69) is 26.3 Å². The van der Waals surface area contributed by atoms with E-state index in [1.807, 2.05) is 5.38 Å². The second kappa shape index (κ2) is 4.31. The zero-order valence-electron chi connectivity index (χ0n) is 10.7. The van der Waals surface area contributed by atoms with Gasteiger partial charge in [0.25, 0.3) is 0 Å². The first kappa shape index (κ1) is 11.4. The van der Waals surface area contributed by atoms with Gasteiger partial charge in [-0.15, -0.1) is 11.3 Å². The molecule has 0 aromatic carbocycles. The van der Waals surface area contributed by atoms with E-state index in [-0.39, 0.29) is 0 Å². The Hall–Kier alpha value is -1.40. The molecule has 2 aromatic heterocycles. The van der Waals surface area contributed by atoms with Crippen LogP contribution in [0.1, 0.15) is 19.3 Å². The molecule has 5 nitrogen and oxygen atoms in total. The smallest absolute Gasteiger partial charge is 0.223 e. The molecule has 1 atom stereocenters. The number of fused-ring (bicyclic) bond motifs is 1. The topological polar surface area (TPSA) is 67.1 Å². The zero-order valence-corrected chi connectivity index (χ0v) is 11.5. The quantitative estimate of drug-likeness (QED) is 0.896. The molecule has 0 radical (unpaired) electrons. The van der Waals surface area contributed by atoms with Crippen molar-refractivity contribution in [3.05, 3.63) is 11.4 Å². The van der Waals surface area contributed by atoms with Crippen molar-refractivity contribution >= 4 is 33.3 Å². The minimum absolute atomic E-state index is 0.356.